The molecule has 0 bridgehead atoms. The van der Waals surface area contributed by atoms with Gasteiger partial charge in [0.15, 0.2) is 0 Å². The Morgan fingerprint density at radius 3 is 2.38 bits per heavy atom. The van der Waals surface area contributed by atoms with E-state index in [1.54, 1.807) is 23.9 Å². The van der Waals surface area contributed by atoms with Crippen molar-refractivity contribution < 1.29 is 19.1 Å². The van der Waals surface area contributed by atoms with Crippen LogP contribution in [0.2, 0.25) is 0 Å². The zero-order chi connectivity index (χ0) is 24.2. The molecule has 1 saturated heterocycles. The van der Waals surface area contributed by atoms with Crippen LogP contribution in [0.5, 0.6) is 0 Å². The van der Waals surface area contributed by atoms with Gasteiger partial charge in [-0.3, -0.25) is 19.3 Å². The van der Waals surface area contributed by atoms with Crippen LogP contribution < -0.4 is 5.32 Å². The van der Waals surface area contributed by atoms with Gasteiger partial charge in [-0.1, -0.05) is 48.5 Å². The molecule has 1 unspecified atom stereocenters. The normalized spacial score (nSPS) is 15.3. The van der Waals surface area contributed by atoms with Gasteiger partial charge in [-0.05, 0) is 42.5 Å². The second-order valence-corrected chi connectivity index (χ2v) is 9.26. The van der Waals surface area contributed by atoms with E-state index in [1.807, 2.05) is 64.6 Å². The molecular weight excluding hydrogens is 450 g/mol. The molecule has 2 aromatic carbocycles. The minimum atomic E-state index is -0.567. The predicted octanol–water partition coefficient (Wildman–Crippen LogP) is 2.82. The summed E-state index contributed by atoms with van der Waals surface area (Å²) in [6.07, 6.45) is 3.32. The maximum atomic E-state index is 13.3. The smallest absolute Gasteiger partial charge is 0.320 e. The molecular formula is C26H33N3O4S. The summed E-state index contributed by atoms with van der Waals surface area (Å²) in [4.78, 5) is 42.1. The van der Waals surface area contributed by atoms with E-state index in [2.05, 4.69) is 5.32 Å². The van der Waals surface area contributed by atoms with E-state index in [-0.39, 0.29) is 30.9 Å². The Labute approximate surface area is 205 Å². The highest BCUT2D eigenvalue weighted by Crippen LogP contribution is 2.11. The molecule has 1 fully saturated rings. The van der Waals surface area contributed by atoms with Crippen LogP contribution in [0.4, 0.5) is 0 Å². The molecule has 1 aliphatic heterocycles. The first-order chi connectivity index (χ1) is 16.6. The van der Waals surface area contributed by atoms with Crippen molar-refractivity contribution in [1.29, 1.82) is 0 Å². The fourth-order valence-electron chi connectivity index (χ4n) is 3.86. The highest BCUT2D eigenvalue weighted by atomic mass is 32.2. The van der Waals surface area contributed by atoms with E-state index in [1.165, 1.54) is 0 Å². The fraction of sp³-hybridized carbons (Fsp3) is 0.423. The molecule has 0 aliphatic carbocycles. The molecule has 1 atom stereocenters. The molecule has 1 heterocycles. The van der Waals surface area contributed by atoms with Crippen molar-refractivity contribution in [3.8, 4) is 0 Å². The molecule has 8 heteroatoms. The van der Waals surface area contributed by atoms with Crippen LogP contribution in [-0.2, 0) is 20.9 Å². The first-order valence-electron chi connectivity index (χ1n) is 11.6. The van der Waals surface area contributed by atoms with Gasteiger partial charge in [-0.2, -0.15) is 11.8 Å². The maximum Gasteiger partial charge on any atom is 0.320 e. The van der Waals surface area contributed by atoms with Crippen LogP contribution in [0, 0.1) is 0 Å². The van der Waals surface area contributed by atoms with E-state index in [4.69, 9.17) is 4.74 Å². The summed E-state index contributed by atoms with van der Waals surface area (Å²) < 4.78 is 5.40. The highest BCUT2D eigenvalue weighted by Gasteiger charge is 2.28. The molecule has 1 N–H and O–H groups in total. The molecule has 2 amide bonds. The van der Waals surface area contributed by atoms with Crippen molar-refractivity contribution in [3.63, 3.8) is 0 Å². The van der Waals surface area contributed by atoms with Crippen molar-refractivity contribution in [1.82, 2.24) is 15.1 Å². The van der Waals surface area contributed by atoms with Crippen molar-refractivity contribution in [3.05, 3.63) is 71.8 Å². The third-order valence-electron chi connectivity index (χ3n) is 5.75. The number of carbonyl (C=O) groups excluding carboxylic acids is 3. The predicted molar refractivity (Wildman–Crippen MR) is 135 cm³/mol. The topological polar surface area (TPSA) is 79.0 Å². The summed E-state index contributed by atoms with van der Waals surface area (Å²) in [6.45, 7) is 2.89. The van der Waals surface area contributed by atoms with Crippen LogP contribution >= 0.6 is 11.8 Å². The van der Waals surface area contributed by atoms with Crippen molar-refractivity contribution in [2.24, 2.45) is 0 Å². The fourth-order valence-corrected chi connectivity index (χ4v) is 4.33. The van der Waals surface area contributed by atoms with Gasteiger partial charge in [0.05, 0.1) is 6.54 Å². The summed E-state index contributed by atoms with van der Waals surface area (Å²) in [5.41, 5.74) is 1.50. The van der Waals surface area contributed by atoms with E-state index in [0.717, 1.165) is 24.3 Å². The van der Waals surface area contributed by atoms with Crippen molar-refractivity contribution >= 4 is 29.5 Å². The second-order valence-electron chi connectivity index (χ2n) is 8.27. The molecule has 0 spiro atoms. The quantitative estimate of drug-likeness (QED) is 0.524. The maximum absolute atomic E-state index is 13.3. The molecule has 2 aromatic rings. The van der Waals surface area contributed by atoms with E-state index in [0.29, 0.717) is 31.6 Å². The number of amides is 2. The molecule has 182 valence electrons. The van der Waals surface area contributed by atoms with E-state index in [9.17, 15) is 14.4 Å². The number of thioether (sulfide) groups is 1. The Morgan fingerprint density at radius 1 is 0.971 bits per heavy atom. The summed E-state index contributed by atoms with van der Waals surface area (Å²) in [5.74, 6) is 0.208. The van der Waals surface area contributed by atoms with Crippen LogP contribution in [-0.4, -0.2) is 78.4 Å². The number of carbonyl (C=O) groups is 3. The van der Waals surface area contributed by atoms with Crippen LogP contribution in [0.1, 0.15) is 28.8 Å². The Hall–Kier alpha value is -2.84. The van der Waals surface area contributed by atoms with Gasteiger partial charge < -0.3 is 15.0 Å². The third kappa shape index (κ3) is 8.18. The monoisotopic (exact) mass is 483 g/mol. The average molecular weight is 484 g/mol. The Bertz CT molecular complexity index is 926. The summed E-state index contributed by atoms with van der Waals surface area (Å²) in [6, 6.07) is 18.0. The molecule has 0 radical (unpaired) electrons. The van der Waals surface area contributed by atoms with Gasteiger partial charge in [0.1, 0.15) is 12.6 Å². The third-order valence-corrected chi connectivity index (χ3v) is 6.39. The number of hydrogen-bond donors (Lipinski definition) is 1. The number of nitrogens with zero attached hydrogens (tertiary/aromatic N) is 2. The van der Waals surface area contributed by atoms with Gasteiger partial charge in [0, 0.05) is 31.7 Å². The SMILES string of the molecule is CSCCC(NC(=O)c1ccccc1)C(=O)N1CCCN(CC(=O)OCc2ccccc2)CC1. The zero-order valence-corrected chi connectivity index (χ0v) is 20.5. The Kier molecular flexibility index (Phi) is 10.4. The van der Waals surface area contributed by atoms with E-state index >= 15 is 0 Å². The summed E-state index contributed by atoms with van der Waals surface area (Å²) >= 11 is 1.65. The number of esters is 1. The highest BCUT2D eigenvalue weighted by molar-refractivity contribution is 7.98. The lowest BCUT2D eigenvalue weighted by Gasteiger charge is -2.27. The van der Waals surface area contributed by atoms with Crippen LogP contribution in [0.3, 0.4) is 0 Å². The van der Waals surface area contributed by atoms with Gasteiger partial charge in [0.2, 0.25) is 5.91 Å². The molecule has 0 saturated carbocycles. The van der Waals surface area contributed by atoms with Crippen LogP contribution in [0.15, 0.2) is 60.7 Å². The lowest BCUT2D eigenvalue weighted by Crippen LogP contribution is -2.50. The van der Waals surface area contributed by atoms with Crippen molar-refractivity contribution in [2.45, 2.75) is 25.5 Å². The Balaban J connectivity index is 1.51. The first-order valence-corrected chi connectivity index (χ1v) is 13.0. The minimum absolute atomic E-state index is 0.0631. The zero-order valence-electron chi connectivity index (χ0n) is 19.7. The minimum Gasteiger partial charge on any atom is -0.460 e. The van der Waals surface area contributed by atoms with Gasteiger partial charge in [-0.25, -0.2) is 0 Å². The molecule has 7 nitrogen and oxygen atoms in total. The van der Waals surface area contributed by atoms with Crippen molar-refractivity contribution in [2.75, 3.05) is 44.7 Å². The lowest BCUT2D eigenvalue weighted by molar-refractivity contribution is -0.146. The first kappa shape index (κ1) is 25.8. The van der Waals surface area contributed by atoms with Gasteiger partial charge in [0.25, 0.3) is 5.91 Å². The number of rotatable bonds is 10. The largest absolute Gasteiger partial charge is 0.460 e. The molecule has 1 aliphatic rings. The number of nitrogens with one attached hydrogen (secondary N) is 1. The number of ether oxygens (including phenoxy) is 1. The lowest BCUT2D eigenvalue weighted by atomic mass is 10.1. The standard InChI is InChI=1S/C26H33N3O4S/c1-34-18-13-23(27-25(31)22-11-6-3-7-12-22)26(32)29-15-8-14-28(16-17-29)19-24(30)33-20-21-9-4-2-5-10-21/h2-7,9-12,23H,8,13-20H2,1H3,(H,27,31). The summed E-state index contributed by atoms with van der Waals surface area (Å²) in [5, 5.41) is 2.93. The summed E-state index contributed by atoms with van der Waals surface area (Å²) in [7, 11) is 0. The Morgan fingerprint density at radius 2 is 1.68 bits per heavy atom. The van der Waals surface area contributed by atoms with Gasteiger partial charge in [-0.15, -0.1) is 0 Å². The van der Waals surface area contributed by atoms with Crippen LogP contribution in [0.25, 0.3) is 0 Å². The second kappa shape index (κ2) is 13.8. The number of hydrogen-bond acceptors (Lipinski definition) is 6. The molecule has 34 heavy (non-hydrogen) atoms. The average Bonchev–Trinajstić information content (AvgIpc) is 3.11. The van der Waals surface area contributed by atoms with E-state index < -0.39 is 6.04 Å². The van der Waals surface area contributed by atoms with Gasteiger partial charge >= 0.3 is 5.97 Å². The molecule has 3 rings (SSSR count). The number of benzene rings is 2. The molecule has 0 aromatic heterocycles.